The van der Waals surface area contributed by atoms with Gasteiger partial charge in [-0.2, -0.15) is 5.10 Å². The Kier molecular flexibility index (Phi) is 5.97. The number of carbonyl (C=O) groups is 1. The summed E-state index contributed by atoms with van der Waals surface area (Å²) in [6, 6.07) is 6.30. The number of aromatic nitrogens is 2. The minimum Gasteiger partial charge on any atom is -0.378 e. The van der Waals surface area contributed by atoms with Crippen LogP contribution in [-0.2, 0) is 11.8 Å². The van der Waals surface area contributed by atoms with Gasteiger partial charge in [-0.05, 0) is 36.4 Å². The van der Waals surface area contributed by atoms with Crippen molar-refractivity contribution >= 4 is 17.7 Å². The molecule has 1 amide bonds. The average Bonchev–Trinajstić information content (AvgIpc) is 2.94. The van der Waals surface area contributed by atoms with Crippen molar-refractivity contribution in [3.63, 3.8) is 0 Å². The van der Waals surface area contributed by atoms with Crippen LogP contribution in [0.5, 0.6) is 0 Å². The number of hydrogen-bond acceptors (Lipinski definition) is 4. The van der Waals surface area contributed by atoms with Crippen molar-refractivity contribution in [3.8, 4) is 0 Å². The smallest absolute Gasteiger partial charge is 0.253 e. The zero-order valence-electron chi connectivity index (χ0n) is 12.2. The van der Waals surface area contributed by atoms with Crippen molar-refractivity contribution < 1.29 is 14.3 Å². The molecule has 0 aliphatic heterocycles. The first-order valence-electron chi connectivity index (χ1n) is 6.89. The summed E-state index contributed by atoms with van der Waals surface area (Å²) >= 11 is 1.60. The van der Waals surface area contributed by atoms with Gasteiger partial charge in [-0.15, -0.1) is 11.8 Å². The van der Waals surface area contributed by atoms with Crippen LogP contribution in [0.3, 0.4) is 0 Å². The molecule has 0 unspecified atom stereocenters. The Hall–Kier alpha value is -1.86. The molecule has 2 N–H and O–H groups in total. The van der Waals surface area contributed by atoms with Gasteiger partial charge in [-0.1, -0.05) is 0 Å². The molecule has 118 valence electrons. The largest absolute Gasteiger partial charge is 0.378 e. The van der Waals surface area contributed by atoms with E-state index in [0.29, 0.717) is 12.1 Å². The summed E-state index contributed by atoms with van der Waals surface area (Å²) in [6.45, 7) is 0.477. The molecule has 1 atom stereocenters. The summed E-state index contributed by atoms with van der Waals surface area (Å²) in [4.78, 5) is 12.8. The van der Waals surface area contributed by atoms with Gasteiger partial charge in [0.1, 0.15) is 5.82 Å². The third-order valence-electron chi connectivity index (χ3n) is 2.99. The number of aliphatic hydroxyl groups excluding tert-OH is 1. The second kappa shape index (κ2) is 7.95. The highest BCUT2D eigenvalue weighted by molar-refractivity contribution is 7.99. The molecule has 0 saturated heterocycles. The minimum absolute atomic E-state index is 0.249. The number of aryl methyl sites for hydroxylation is 1. The van der Waals surface area contributed by atoms with Crippen molar-refractivity contribution in [3.05, 3.63) is 48.0 Å². The average molecular weight is 323 g/mol. The zero-order chi connectivity index (χ0) is 15.9. The Morgan fingerprint density at radius 2 is 2.18 bits per heavy atom. The highest BCUT2D eigenvalue weighted by Gasteiger charge is 2.17. The molecule has 1 aromatic heterocycles. The fourth-order valence-electron chi connectivity index (χ4n) is 1.83. The van der Waals surface area contributed by atoms with Crippen molar-refractivity contribution in [1.29, 1.82) is 0 Å². The lowest BCUT2D eigenvalue weighted by atomic mass is 10.2. The number of hydrogen-bond donors (Lipinski definition) is 2. The van der Waals surface area contributed by atoms with Gasteiger partial charge in [0.25, 0.3) is 5.91 Å². The number of rotatable bonds is 7. The van der Waals surface area contributed by atoms with E-state index < -0.39 is 12.0 Å². The van der Waals surface area contributed by atoms with Crippen LogP contribution in [0.1, 0.15) is 18.1 Å². The molecule has 1 heterocycles. The Balaban J connectivity index is 1.65. The maximum atomic E-state index is 12.7. The van der Waals surface area contributed by atoms with E-state index in [-0.39, 0.29) is 5.82 Å². The minimum atomic E-state index is -1.20. The van der Waals surface area contributed by atoms with Crippen LogP contribution in [0.2, 0.25) is 0 Å². The van der Waals surface area contributed by atoms with Crippen LogP contribution in [-0.4, -0.2) is 33.1 Å². The van der Waals surface area contributed by atoms with Gasteiger partial charge in [0.15, 0.2) is 6.10 Å². The van der Waals surface area contributed by atoms with Crippen LogP contribution in [0, 0.1) is 5.82 Å². The molecule has 0 bridgehead atoms. The first-order valence-corrected chi connectivity index (χ1v) is 7.87. The summed E-state index contributed by atoms with van der Waals surface area (Å²) in [5.41, 5.74) is 0.473. The molecule has 0 fully saturated rings. The van der Waals surface area contributed by atoms with Crippen LogP contribution in [0.4, 0.5) is 4.39 Å². The molecule has 0 spiro atoms. The number of thioether (sulfide) groups is 1. The quantitative estimate of drug-likeness (QED) is 0.603. The molecule has 2 aromatic rings. The first-order chi connectivity index (χ1) is 10.6. The lowest BCUT2D eigenvalue weighted by molar-refractivity contribution is -0.129. The van der Waals surface area contributed by atoms with Crippen LogP contribution in [0.15, 0.2) is 41.6 Å². The van der Waals surface area contributed by atoms with E-state index in [1.807, 2.05) is 0 Å². The van der Waals surface area contributed by atoms with Crippen LogP contribution in [0.25, 0.3) is 0 Å². The number of nitrogens with one attached hydrogen (secondary N) is 1. The third-order valence-corrected chi connectivity index (χ3v) is 4.09. The molecule has 0 aliphatic carbocycles. The molecule has 7 heteroatoms. The summed E-state index contributed by atoms with van der Waals surface area (Å²) in [7, 11) is 1.72. The fraction of sp³-hybridized carbons (Fsp3) is 0.333. The molecule has 5 nitrogen and oxygen atoms in total. The van der Waals surface area contributed by atoms with Gasteiger partial charge in [0.2, 0.25) is 0 Å². The second-order valence-corrected chi connectivity index (χ2v) is 5.97. The van der Waals surface area contributed by atoms with Gasteiger partial charge in [0.05, 0.1) is 6.20 Å². The van der Waals surface area contributed by atoms with E-state index in [1.165, 1.54) is 23.0 Å². The number of benzene rings is 1. The number of carbonyl (C=O) groups excluding carboxylic acids is 1. The zero-order valence-corrected chi connectivity index (χ0v) is 13.0. The van der Waals surface area contributed by atoms with E-state index in [9.17, 15) is 14.3 Å². The molecule has 1 aromatic carbocycles. The monoisotopic (exact) mass is 323 g/mol. The highest BCUT2D eigenvalue weighted by Crippen LogP contribution is 2.18. The molecule has 22 heavy (non-hydrogen) atoms. The lowest BCUT2D eigenvalue weighted by Crippen LogP contribution is -2.30. The van der Waals surface area contributed by atoms with E-state index in [0.717, 1.165) is 17.1 Å². The molecule has 0 saturated carbocycles. The summed E-state index contributed by atoms with van der Waals surface area (Å²) in [6.07, 6.45) is 2.63. The van der Waals surface area contributed by atoms with Gasteiger partial charge in [0, 0.05) is 30.2 Å². The van der Waals surface area contributed by atoms with Gasteiger partial charge < -0.3 is 10.4 Å². The Bertz CT molecular complexity index is 616. The normalized spacial score (nSPS) is 12.1. The second-order valence-electron chi connectivity index (χ2n) is 4.80. The van der Waals surface area contributed by atoms with Gasteiger partial charge in [-0.3, -0.25) is 9.48 Å². The number of aliphatic hydroxyl groups is 1. The highest BCUT2D eigenvalue weighted by atomic mass is 32.2. The van der Waals surface area contributed by atoms with Gasteiger partial charge >= 0.3 is 0 Å². The topological polar surface area (TPSA) is 67.2 Å². The van der Waals surface area contributed by atoms with Crippen molar-refractivity contribution in [1.82, 2.24) is 15.1 Å². The number of nitrogens with zero attached hydrogens (tertiary/aromatic N) is 2. The molecule has 2 rings (SSSR count). The van der Waals surface area contributed by atoms with E-state index in [1.54, 1.807) is 37.1 Å². The molecular formula is C15H18FN3O2S. The summed E-state index contributed by atoms with van der Waals surface area (Å²) in [5.74, 6) is 0.121. The number of halogens is 1. The number of amides is 1. The van der Waals surface area contributed by atoms with Crippen molar-refractivity contribution in [2.75, 3.05) is 12.3 Å². The van der Waals surface area contributed by atoms with Gasteiger partial charge in [-0.25, -0.2) is 4.39 Å². The fourth-order valence-corrected chi connectivity index (χ4v) is 2.69. The van der Waals surface area contributed by atoms with Crippen molar-refractivity contribution in [2.24, 2.45) is 7.05 Å². The SMILES string of the molecule is Cn1cc([C@H](O)C(=O)NCCCSc2ccc(F)cc2)cn1. The maximum Gasteiger partial charge on any atom is 0.253 e. The van der Waals surface area contributed by atoms with E-state index in [2.05, 4.69) is 10.4 Å². The lowest BCUT2D eigenvalue weighted by Gasteiger charge is -2.09. The Morgan fingerprint density at radius 3 is 2.82 bits per heavy atom. The predicted molar refractivity (Wildman–Crippen MR) is 82.9 cm³/mol. The molecular weight excluding hydrogens is 305 g/mol. The standard InChI is InChI=1S/C15H18FN3O2S/c1-19-10-11(9-18-19)14(20)15(21)17-7-2-8-22-13-5-3-12(16)4-6-13/h3-6,9-10,14,20H,2,7-8H2,1H3,(H,17,21)/t14-/m0/s1. The Labute approximate surface area is 132 Å². The van der Waals surface area contributed by atoms with Crippen LogP contribution < -0.4 is 5.32 Å². The molecule has 0 radical (unpaired) electrons. The Morgan fingerprint density at radius 1 is 1.45 bits per heavy atom. The van der Waals surface area contributed by atoms with Crippen LogP contribution >= 0.6 is 11.8 Å². The molecule has 0 aliphatic rings. The predicted octanol–water partition coefficient (Wildman–Crippen LogP) is 1.89. The van der Waals surface area contributed by atoms with Crippen molar-refractivity contribution in [2.45, 2.75) is 17.4 Å². The third kappa shape index (κ3) is 4.85. The maximum absolute atomic E-state index is 12.7. The van der Waals surface area contributed by atoms with E-state index >= 15 is 0 Å². The summed E-state index contributed by atoms with van der Waals surface area (Å²) in [5, 5.41) is 16.5. The van der Waals surface area contributed by atoms with E-state index in [4.69, 9.17) is 0 Å². The summed E-state index contributed by atoms with van der Waals surface area (Å²) < 4.78 is 14.3. The first kappa shape index (κ1) is 16.5.